The fraction of sp³-hybridized carbons (Fsp3) is 0.846. The van der Waals surface area contributed by atoms with Gasteiger partial charge in [0.15, 0.2) is 5.17 Å². The number of hydrogen-bond acceptors (Lipinski definition) is 3. The first-order chi connectivity index (χ1) is 8.36. The fourth-order valence-corrected chi connectivity index (χ4v) is 2.78. The van der Waals surface area contributed by atoms with E-state index in [-0.39, 0.29) is 5.91 Å². The third kappa shape index (κ3) is 4.19. The minimum absolute atomic E-state index is 0.0352. The number of rotatable bonds is 4. The number of nitrogens with zero attached hydrogens (tertiary/aromatic N) is 1. The van der Waals surface area contributed by atoms with E-state index < -0.39 is 5.41 Å². The van der Waals surface area contributed by atoms with Crippen molar-refractivity contribution in [3.05, 3.63) is 0 Å². The Balaban J connectivity index is 2.59. The van der Waals surface area contributed by atoms with E-state index in [2.05, 4.69) is 29.5 Å². The highest BCUT2D eigenvalue weighted by Crippen LogP contribution is 2.21. The van der Waals surface area contributed by atoms with Gasteiger partial charge in [-0.2, -0.15) is 0 Å². The molecule has 0 aromatic heterocycles. The highest BCUT2D eigenvalue weighted by molar-refractivity contribution is 8.13. The van der Waals surface area contributed by atoms with Crippen molar-refractivity contribution >= 4 is 22.8 Å². The van der Waals surface area contributed by atoms with Crippen molar-refractivity contribution in [2.45, 2.75) is 40.2 Å². The highest BCUT2D eigenvalue weighted by Gasteiger charge is 2.27. The smallest absolute Gasteiger partial charge is 0.227 e. The van der Waals surface area contributed by atoms with Crippen LogP contribution < -0.4 is 10.6 Å². The second-order valence-corrected chi connectivity index (χ2v) is 6.80. The average Bonchev–Trinajstić information content (AvgIpc) is 2.35. The Kier molecular flexibility index (Phi) is 5.50. The van der Waals surface area contributed by atoms with E-state index in [4.69, 9.17) is 0 Å². The number of carbonyl (C=O) groups is 1. The molecule has 0 radical (unpaired) electrons. The van der Waals surface area contributed by atoms with Crippen LogP contribution in [0, 0.1) is 11.3 Å². The summed E-state index contributed by atoms with van der Waals surface area (Å²) in [7, 11) is 1.67. The summed E-state index contributed by atoms with van der Waals surface area (Å²) < 4.78 is 0. The van der Waals surface area contributed by atoms with Gasteiger partial charge in [-0.05, 0) is 26.2 Å². The molecule has 18 heavy (non-hydrogen) atoms. The molecule has 1 saturated heterocycles. The molecule has 0 aliphatic carbocycles. The van der Waals surface area contributed by atoms with Crippen LogP contribution in [0.15, 0.2) is 4.99 Å². The van der Waals surface area contributed by atoms with Crippen LogP contribution in [0.25, 0.3) is 0 Å². The van der Waals surface area contributed by atoms with E-state index in [0.717, 1.165) is 10.9 Å². The van der Waals surface area contributed by atoms with Crippen LogP contribution >= 0.6 is 11.8 Å². The Morgan fingerprint density at radius 3 is 2.83 bits per heavy atom. The molecule has 104 valence electrons. The van der Waals surface area contributed by atoms with Crippen LogP contribution in [0.5, 0.6) is 0 Å². The van der Waals surface area contributed by atoms with Crippen LogP contribution in [-0.4, -0.2) is 36.5 Å². The molecule has 4 nitrogen and oxygen atoms in total. The van der Waals surface area contributed by atoms with E-state index in [9.17, 15) is 4.79 Å². The Hall–Kier alpha value is -0.710. The van der Waals surface area contributed by atoms with Crippen molar-refractivity contribution in [3.8, 4) is 0 Å². The molecule has 1 aliphatic rings. The first kappa shape index (κ1) is 15.3. The molecule has 1 amide bonds. The summed E-state index contributed by atoms with van der Waals surface area (Å²) >= 11 is 1.75. The minimum Gasteiger partial charge on any atom is -0.362 e. The molecule has 1 fully saturated rings. The van der Waals surface area contributed by atoms with E-state index in [0.29, 0.717) is 18.5 Å². The molecule has 1 aliphatic heterocycles. The molecule has 1 atom stereocenters. The maximum absolute atomic E-state index is 11.7. The van der Waals surface area contributed by atoms with Crippen molar-refractivity contribution in [2.24, 2.45) is 16.3 Å². The van der Waals surface area contributed by atoms with E-state index in [1.165, 1.54) is 6.42 Å². The van der Waals surface area contributed by atoms with Gasteiger partial charge in [-0.1, -0.05) is 25.6 Å². The number of carbonyl (C=O) groups excluding carboxylic acids is 1. The average molecular weight is 271 g/mol. The third-order valence-electron chi connectivity index (χ3n) is 3.24. The van der Waals surface area contributed by atoms with E-state index >= 15 is 0 Å². The van der Waals surface area contributed by atoms with Gasteiger partial charge in [-0.25, -0.2) is 0 Å². The van der Waals surface area contributed by atoms with Crippen LogP contribution in [0.2, 0.25) is 0 Å². The van der Waals surface area contributed by atoms with Gasteiger partial charge in [0.2, 0.25) is 5.91 Å². The zero-order chi connectivity index (χ0) is 13.8. The van der Waals surface area contributed by atoms with Crippen molar-refractivity contribution in [3.63, 3.8) is 0 Å². The third-order valence-corrected chi connectivity index (χ3v) is 4.20. The van der Waals surface area contributed by atoms with Gasteiger partial charge in [0.25, 0.3) is 0 Å². The lowest BCUT2D eigenvalue weighted by Gasteiger charge is -2.29. The highest BCUT2D eigenvalue weighted by atomic mass is 32.2. The number of nitrogens with one attached hydrogen (secondary N) is 2. The van der Waals surface area contributed by atoms with Crippen LogP contribution in [0.1, 0.15) is 34.1 Å². The summed E-state index contributed by atoms with van der Waals surface area (Å²) in [5.74, 6) is 1.76. The largest absolute Gasteiger partial charge is 0.362 e. The molecule has 0 aromatic rings. The number of amides is 1. The summed E-state index contributed by atoms with van der Waals surface area (Å²) in [6.45, 7) is 8.80. The minimum atomic E-state index is -0.450. The second-order valence-electron chi connectivity index (χ2n) is 5.72. The predicted octanol–water partition coefficient (Wildman–Crippen LogP) is 1.87. The van der Waals surface area contributed by atoms with Gasteiger partial charge < -0.3 is 10.6 Å². The molecule has 0 saturated carbocycles. The summed E-state index contributed by atoms with van der Waals surface area (Å²) in [6.07, 6.45) is 1.18. The van der Waals surface area contributed by atoms with Crippen molar-refractivity contribution in [2.75, 3.05) is 19.3 Å². The van der Waals surface area contributed by atoms with Crippen LogP contribution in [0.4, 0.5) is 0 Å². The van der Waals surface area contributed by atoms with Crippen LogP contribution in [0.3, 0.4) is 0 Å². The number of hydrogen-bond donors (Lipinski definition) is 2. The van der Waals surface area contributed by atoms with Crippen molar-refractivity contribution in [1.82, 2.24) is 10.6 Å². The van der Waals surface area contributed by atoms with Crippen LogP contribution in [-0.2, 0) is 4.79 Å². The maximum Gasteiger partial charge on any atom is 0.227 e. The first-order valence-corrected chi connectivity index (χ1v) is 7.51. The topological polar surface area (TPSA) is 53.5 Å². The summed E-state index contributed by atoms with van der Waals surface area (Å²) in [4.78, 5) is 16.2. The molecule has 1 rings (SSSR count). The molecule has 0 spiro atoms. The lowest BCUT2D eigenvalue weighted by atomic mass is 9.93. The van der Waals surface area contributed by atoms with Gasteiger partial charge in [-0.3, -0.25) is 9.79 Å². The summed E-state index contributed by atoms with van der Waals surface area (Å²) in [5, 5.41) is 7.13. The van der Waals surface area contributed by atoms with E-state index in [1.54, 1.807) is 18.8 Å². The zero-order valence-corrected chi connectivity index (χ0v) is 12.9. The number of thioether (sulfide) groups is 1. The zero-order valence-electron chi connectivity index (χ0n) is 12.0. The van der Waals surface area contributed by atoms with Gasteiger partial charge in [0, 0.05) is 18.8 Å². The molecule has 2 N–H and O–H groups in total. The summed E-state index contributed by atoms with van der Waals surface area (Å²) in [5.41, 5.74) is -0.450. The lowest BCUT2D eigenvalue weighted by Crippen LogP contribution is -2.42. The standard InChI is InChI=1S/C13H25N3OS/c1-9(2)10-6-7-18-12(16-10)15-8-13(3,4)11(17)14-5/h9-10H,6-8H2,1-5H3,(H,14,17)(H,15,16). The fourth-order valence-electron chi connectivity index (χ4n) is 1.83. The predicted molar refractivity (Wildman–Crippen MR) is 79.0 cm³/mol. The Morgan fingerprint density at radius 2 is 2.28 bits per heavy atom. The number of aliphatic imine (C=N–C) groups is 1. The lowest BCUT2D eigenvalue weighted by molar-refractivity contribution is -0.128. The Bertz CT molecular complexity index is 326. The molecule has 1 heterocycles. The van der Waals surface area contributed by atoms with Gasteiger partial charge in [0.1, 0.15) is 0 Å². The number of amidine groups is 1. The van der Waals surface area contributed by atoms with E-state index in [1.807, 2.05) is 13.8 Å². The van der Waals surface area contributed by atoms with Crippen molar-refractivity contribution < 1.29 is 4.79 Å². The molecular formula is C13H25N3OS. The maximum atomic E-state index is 11.7. The normalized spacial score (nSPS) is 23.0. The molecule has 0 bridgehead atoms. The first-order valence-electron chi connectivity index (χ1n) is 6.53. The Morgan fingerprint density at radius 1 is 1.61 bits per heavy atom. The second kappa shape index (κ2) is 6.45. The van der Waals surface area contributed by atoms with Crippen molar-refractivity contribution in [1.29, 1.82) is 0 Å². The molecule has 5 heteroatoms. The quantitative estimate of drug-likeness (QED) is 0.820. The SMILES string of the molecule is CNC(=O)C(C)(C)CN=C1NC(C(C)C)CCS1. The Labute approximate surface area is 114 Å². The van der Waals surface area contributed by atoms with Gasteiger partial charge in [0.05, 0.1) is 12.0 Å². The molecular weight excluding hydrogens is 246 g/mol. The molecule has 1 unspecified atom stereocenters. The summed E-state index contributed by atoms with van der Waals surface area (Å²) in [6, 6.07) is 0.508. The van der Waals surface area contributed by atoms with Gasteiger partial charge >= 0.3 is 0 Å². The van der Waals surface area contributed by atoms with Gasteiger partial charge in [-0.15, -0.1) is 0 Å². The monoisotopic (exact) mass is 271 g/mol. The molecule has 0 aromatic carbocycles.